The number of hydrogen-bond donors (Lipinski definition) is 1. The summed E-state index contributed by atoms with van der Waals surface area (Å²) in [6, 6.07) is 5.99. The summed E-state index contributed by atoms with van der Waals surface area (Å²) in [7, 11) is 1.67. The number of rotatable bonds is 7. The summed E-state index contributed by atoms with van der Waals surface area (Å²) < 4.78 is 5.24. The van der Waals surface area contributed by atoms with Crippen LogP contribution in [-0.2, 0) is 6.54 Å². The van der Waals surface area contributed by atoms with Crippen LogP contribution < -0.4 is 10.5 Å². The number of nitrogens with two attached hydrogens (primary N) is 1. The summed E-state index contributed by atoms with van der Waals surface area (Å²) in [6.45, 7) is 4.92. The van der Waals surface area contributed by atoms with Gasteiger partial charge in [0.1, 0.15) is 0 Å². The number of ether oxygens (including phenoxy) is 1. The Morgan fingerprint density at radius 3 is 2.67 bits per heavy atom. The van der Waals surface area contributed by atoms with Crippen LogP contribution in [0.4, 0.5) is 0 Å². The molecule has 0 atom stereocenters. The molecule has 2 rings (SSSR count). The summed E-state index contributed by atoms with van der Waals surface area (Å²) >= 11 is 0. The van der Waals surface area contributed by atoms with Gasteiger partial charge in [0.15, 0.2) is 0 Å². The van der Waals surface area contributed by atoms with E-state index in [0.717, 1.165) is 31.7 Å². The summed E-state index contributed by atoms with van der Waals surface area (Å²) in [6.07, 6.45) is 7.51. The van der Waals surface area contributed by atoms with Gasteiger partial charge in [-0.3, -0.25) is 4.90 Å². The zero-order valence-corrected chi connectivity index (χ0v) is 13.5. The first kappa shape index (κ1) is 16.2. The van der Waals surface area contributed by atoms with E-state index in [0.29, 0.717) is 5.88 Å². The zero-order valence-electron chi connectivity index (χ0n) is 13.5. The van der Waals surface area contributed by atoms with Crippen LogP contribution in [0.25, 0.3) is 0 Å². The molecular formula is C17H29N3O. The minimum Gasteiger partial charge on any atom is -0.481 e. The van der Waals surface area contributed by atoms with Crippen LogP contribution in [0.1, 0.15) is 51.1 Å². The Labute approximate surface area is 128 Å². The van der Waals surface area contributed by atoms with Crippen LogP contribution in [0.5, 0.6) is 5.88 Å². The molecule has 0 amide bonds. The van der Waals surface area contributed by atoms with Gasteiger partial charge >= 0.3 is 0 Å². The summed E-state index contributed by atoms with van der Waals surface area (Å²) in [5.41, 5.74) is 7.43. The average Bonchev–Trinajstić information content (AvgIpc) is 2.55. The van der Waals surface area contributed by atoms with Gasteiger partial charge in [-0.25, -0.2) is 4.98 Å². The Morgan fingerprint density at radius 1 is 1.29 bits per heavy atom. The van der Waals surface area contributed by atoms with Gasteiger partial charge in [0.05, 0.1) is 12.8 Å². The van der Waals surface area contributed by atoms with Crippen LogP contribution in [0.15, 0.2) is 18.2 Å². The maximum absolute atomic E-state index is 6.19. The van der Waals surface area contributed by atoms with Gasteiger partial charge in [-0.1, -0.05) is 32.3 Å². The van der Waals surface area contributed by atoms with Gasteiger partial charge in [0, 0.05) is 24.7 Å². The van der Waals surface area contributed by atoms with E-state index in [4.69, 9.17) is 10.5 Å². The summed E-state index contributed by atoms with van der Waals surface area (Å²) in [4.78, 5) is 7.13. The van der Waals surface area contributed by atoms with Crippen molar-refractivity contribution in [2.24, 2.45) is 5.73 Å². The molecule has 118 valence electrons. The molecule has 1 saturated carbocycles. The molecule has 0 spiro atoms. The maximum atomic E-state index is 6.19. The molecule has 0 bridgehead atoms. The van der Waals surface area contributed by atoms with Crippen LogP contribution in [-0.4, -0.2) is 35.6 Å². The van der Waals surface area contributed by atoms with Crippen molar-refractivity contribution in [1.82, 2.24) is 9.88 Å². The second kappa shape index (κ2) is 7.76. The molecule has 0 saturated heterocycles. The molecule has 0 radical (unpaired) electrons. The number of methoxy groups -OCH3 is 1. The normalized spacial score (nSPS) is 17.9. The molecule has 1 heterocycles. The van der Waals surface area contributed by atoms with Gasteiger partial charge in [-0.05, 0) is 31.9 Å². The summed E-state index contributed by atoms with van der Waals surface area (Å²) in [5.74, 6) is 0.689. The largest absolute Gasteiger partial charge is 0.481 e. The first-order valence-corrected chi connectivity index (χ1v) is 8.19. The van der Waals surface area contributed by atoms with Crippen LogP contribution in [0, 0.1) is 0 Å². The van der Waals surface area contributed by atoms with Gasteiger partial charge in [-0.15, -0.1) is 0 Å². The van der Waals surface area contributed by atoms with Gasteiger partial charge in [0.2, 0.25) is 5.88 Å². The topological polar surface area (TPSA) is 51.4 Å². The van der Waals surface area contributed by atoms with Gasteiger partial charge < -0.3 is 10.5 Å². The third-order valence-electron chi connectivity index (χ3n) is 4.67. The predicted octanol–water partition coefficient (Wildman–Crippen LogP) is 2.96. The van der Waals surface area contributed by atoms with E-state index in [-0.39, 0.29) is 5.54 Å². The van der Waals surface area contributed by atoms with Crippen LogP contribution in [0.3, 0.4) is 0 Å². The highest BCUT2D eigenvalue weighted by Gasteiger charge is 2.36. The fourth-order valence-electron chi connectivity index (χ4n) is 3.47. The molecule has 4 heteroatoms. The fraction of sp³-hybridized carbons (Fsp3) is 0.706. The van der Waals surface area contributed by atoms with E-state index in [1.807, 2.05) is 12.1 Å². The lowest BCUT2D eigenvalue weighted by Gasteiger charge is -2.46. The Hall–Kier alpha value is -1.13. The molecule has 0 unspecified atom stereocenters. The molecule has 1 fully saturated rings. The molecule has 1 aliphatic rings. The van der Waals surface area contributed by atoms with Gasteiger partial charge in [0.25, 0.3) is 0 Å². The standard InChI is InChI=1S/C17H29N3O/c1-3-12-20(17(14-18)10-5-4-6-11-17)13-15-8-7-9-16(19-15)21-2/h7-9H,3-6,10-14,18H2,1-2H3. The van der Waals surface area contributed by atoms with Crippen molar-refractivity contribution >= 4 is 0 Å². The lowest BCUT2D eigenvalue weighted by molar-refractivity contribution is 0.0483. The van der Waals surface area contributed by atoms with Crippen molar-refractivity contribution in [3.63, 3.8) is 0 Å². The third-order valence-corrected chi connectivity index (χ3v) is 4.67. The molecule has 2 N–H and O–H groups in total. The minimum absolute atomic E-state index is 0.166. The van der Waals surface area contributed by atoms with Crippen molar-refractivity contribution in [1.29, 1.82) is 0 Å². The van der Waals surface area contributed by atoms with Crippen LogP contribution >= 0.6 is 0 Å². The summed E-state index contributed by atoms with van der Waals surface area (Å²) in [5, 5.41) is 0. The molecule has 1 aromatic heterocycles. The lowest BCUT2D eigenvalue weighted by atomic mass is 9.80. The van der Waals surface area contributed by atoms with Crippen molar-refractivity contribution < 1.29 is 4.74 Å². The van der Waals surface area contributed by atoms with Gasteiger partial charge in [-0.2, -0.15) is 0 Å². The first-order valence-electron chi connectivity index (χ1n) is 8.19. The van der Waals surface area contributed by atoms with E-state index >= 15 is 0 Å². The Morgan fingerprint density at radius 2 is 2.05 bits per heavy atom. The Kier molecular flexibility index (Phi) is 6.00. The number of pyridine rings is 1. The molecule has 21 heavy (non-hydrogen) atoms. The smallest absolute Gasteiger partial charge is 0.213 e. The van der Waals surface area contributed by atoms with Crippen molar-refractivity contribution in [2.75, 3.05) is 20.2 Å². The maximum Gasteiger partial charge on any atom is 0.213 e. The molecule has 0 aromatic carbocycles. The average molecular weight is 291 g/mol. The fourth-order valence-corrected chi connectivity index (χ4v) is 3.47. The minimum atomic E-state index is 0.166. The SMILES string of the molecule is CCCN(Cc1cccc(OC)n1)C1(CN)CCCCC1. The van der Waals surface area contributed by atoms with Crippen molar-refractivity contribution in [2.45, 2.75) is 57.5 Å². The van der Waals surface area contributed by atoms with E-state index in [1.165, 1.54) is 32.1 Å². The number of nitrogens with zero attached hydrogens (tertiary/aromatic N) is 2. The number of hydrogen-bond acceptors (Lipinski definition) is 4. The van der Waals surface area contributed by atoms with E-state index in [1.54, 1.807) is 7.11 Å². The lowest BCUT2D eigenvalue weighted by Crippen LogP contribution is -2.54. The molecule has 1 aliphatic carbocycles. The van der Waals surface area contributed by atoms with E-state index in [2.05, 4.69) is 22.9 Å². The Balaban J connectivity index is 2.16. The quantitative estimate of drug-likeness (QED) is 0.839. The second-order valence-electron chi connectivity index (χ2n) is 6.08. The Bertz CT molecular complexity index is 430. The van der Waals surface area contributed by atoms with Crippen LogP contribution in [0.2, 0.25) is 0 Å². The second-order valence-corrected chi connectivity index (χ2v) is 6.08. The highest BCUT2D eigenvalue weighted by atomic mass is 16.5. The van der Waals surface area contributed by atoms with Crippen molar-refractivity contribution in [3.8, 4) is 5.88 Å². The van der Waals surface area contributed by atoms with E-state index < -0.39 is 0 Å². The molecule has 4 nitrogen and oxygen atoms in total. The monoisotopic (exact) mass is 291 g/mol. The van der Waals surface area contributed by atoms with Crippen molar-refractivity contribution in [3.05, 3.63) is 23.9 Å². The highest BCUT2D eigenvalue weighted by molar-refractivity contribution is 5.16. The first-order chi connectivity index (χ1) is 10.2. The third kappa shape index (κ3) is 3.95. The highest BCUT2D eigenvalue weighted by Crippen LogP contribution is 2.34. The molecular weight excluding hydrogens is 262 g/mol. The molecule has 0 aliphatic heterocycles. The predicted molar refractivity (Wildman–Crippen MR) is 86.4 cm³/mol. The number of aromatic nitrogens is 1. The molecule has 1 aromatic rings. The zero-order chi connectivity index (χ0) is 15.1. The van der Waals surface area contributed by atoms with E-state index in [9.17, 15) is 0 Å².